The van der Waals surface area contributed by atoms with Crippen LogP contribution in [0.2, 0.25) is 0 Å². The van der Waals surface area contributed by atoms with Crippen molar-refractivity contribution in [2.24, 2.45) is 0 Å². The van der Waals surface area contributed by atoms with Crippen LogP contribution in [0.15, 0.2) is 0 Å². The van der Waals surface area contributed by atoms with Crippen molar-refractivity contribution < 1.29 is 9.53 Å². The van der Waals surface area contributed by atoms with E-state index in [0.29, 0.717) is 6.54 Å². The SMILES string of the molecule is COC1(CNCCNC(C)=O)CCC1. The summed E-state index contributed by atoms with van der Waals surface area (Å²) in [7, 11) is 1.77. The van der Waals surface area contributed by atoms with Crippen molar-refractivity contribution in [2.75, 3.05) is 26.7 Å². The number of carbonyl (C=O) groups excluding carboxylic acids is 1. The molecule has 0 saturated heterocycles. The van der Waals surface area contributed by atoms with Gasteiger partial charge in [0.15, 0.2) is 0 Å². The van der Waals surface area contributed by atoms with Gasteiger partial charge in [0.25, 0.3) is 0 Å². The maximum atomic E-state index is 10.6. The Bertz CT molecular complexity index is 185. The molecule has 0 bridgehead atoms. The smallest absolute Gasteiger partial charge is 0.216 e. The highest BCUT2D eigenvalue weighted by molar-refractivity contribution is 5.72. The van der Waals surface area contributed by atoms with Crippen LogP contribution in [0.1, 0.15) is 26.2 Å². The Morgan fingerprint density at radius 2 is 2.14 bits per heavy atom. The molecule has 0 aliphatic heterocycles. The second kappa shape index (κ2) is 5.32. The number of nitrogens with one attached hydrogen (secondary N) is 2. The maximum Gasteiger partial charge on any atom is 0.216 e. The van der Waals surface area contributed by atoms with E-state index < -0.39 is 0 Å². The monoisotopic (exact) mass is 200 g/mol. The third-order valence-corrected chi connectivity index (χ3v) is 2.82. The predicted octanol–water partition coefficient (Wildman–Crippen LogP) is 0.281. The molecule has 0 radical (unpaired) electrons. The third-order valence-electron chi connectivity index (χ3n) is 2.82. The number of rotatable bonds is 6. The summed E-state index contributed by atoms with van der Waals surface area (Å²) in [5.41, 5.74) is 0.0796. The highest BCUT2D eigenvalue weighted by Crippen LogP contribution is 2.34. The van der Waals surface area contributed by atoms with Crippen molar-refractivity contribution in [1.29, 1.82) is 0 Å². The average molecular weight is 200 g/mol. The van der Waals surface area contributed by atoms with E-state index in [1.165, 1.54) is 13.3 Å². The van der Waals surface area contributed by atoms with Gasteiger partial charge in [-0.3, -0.25) is 4.79 Å². The summed E-state index contributed by atoms with van der Waals surface area (Å²) < 4.78 is 5.45. The van der Waals surface area contributed by atoms with Gasteiger partial charge in [-0.05, 0) is 19.3 Å². The molecular formula is C10H20N2O2. The van der Waals surface area contributed by atoms with Gasteiger partial charge in [-0.25, -0.2) is 0 Å². The summed E-state index contributed by atoms with van der Waals surface area (Å²) in [6.07, 6.45) is 3.56. The molecule has 0 atom stereocenters. The molecule has 14 heavy (non-hydrogen) atoms. The zero-order valence-corrected chi connectivity index (χ0v) is 9.06. The van der Waals surface area contributed by atoms with Gasteiger partial charge in [-0.2, -0.15) is 0 Å². The van der Waals surface area contributed by atoms with Gasteiger partial charge >= 0.3 is 0 Å². The van der Waals surface area contributed by atoms with Gasteiger partial charge in [0.1, 0.15) is 0 Å². The molecule has 4 nitrogen and oxygen atoms in total. The fourth-order valence-electron chi connectivity index (χ4n) is 1.67. The molecule has 1 aliphatic carbocycles. The molecule has 0 unspecified atom stereocenters. The van der Waals surface area contributed by atoms with E-state index in [1.807, 2.05) is 0 Å². The summed E-state index contributed by atoms with van der Waals surface area (Å²) in [6.45, 7) is 3.92. The molecule has 1 aliphatic rings. The van der Waals surface area contributed by atoms with Crippen LogP contribution >= 0.6 is 0 Å². The van der Waals surface area contributed by atoms with E-state index in [9.17, 15) is 4.79 Å². The minimum absolute atomic E-state index is 0.0249. The zero-order valence-electron chi connectivity index (χ0n) is 9.06. The van der Waals surface area contributed by atoms with Gasteiger partial charge in [0.2, 0.25) is 5.91 Å². The quantitative estimate of drug-likeness (QED) is 0.606. The molecule has 1 fully saturated rings. The van der Waals surface area contributed by atoms with E-state index in [-0.39, 0.29) is 11.5 Å². The standard InChI is InChI=1S/C10H20N2O2/c1-9(13)12-7-6-11-8-10(14-2)4-3-5-10/h11H,3-8H2,1-2H3,(H,12,13). The Balaban J connectivity index is 2.00. The van der Waals surface area contributed by atoms with Gasteiger partial charge in [-0.15, -0.1) is 0 Å². The first-order chi connectivity index (χ1) is 6.68. The Kier molecular flexibility index (Phi) is 4.35. The first kappa shape index (κ1) is 11.5. The van der Waals surface area contributed by atoms with Crippen molar-refractivity contribution in [3.63, 3.8) is 0 Å². The lowest BCUT2D eigenvalue weighted by atomic mass is 9.80. The maximum absolute atomic E-state index is 10.6. The molecule has 1 amide bonds. The minimum Gasteiger partial charge on any atom is -0.377 e. The van der Waals surface area contributed by atoms with Crippen LogP contribution in [0.3, 0.4) is 0 Å². The molecule has 0 aromatic heterocycles. The lowest BCUT2D eigenvalue weighted by Gasteiger charge is -2.40. The fourth-order valence-corrected chi connectivity index (χ4v) is 1.67. The summed E-state index contributed by atoms with van der Waals surface area (Å²) in [4.78, 5) is 10.6. The number of methoxy groups -OCH3 is 1. The Labute approximate surface area is 85.4 Å². The number of ether oxygens (including phenoxy) is 1. The summed E-state index contributed by atoms with van der Waals surface area (Å²) >= 11 is 0. The Morgan fingerprint density at radius 3 is 2.57 bits per heavy atom. The lowest BCUT2D eigenvalue weighted by molar-refractivity contribution is -0.118. The molecule has 1 saturated carbocycles. The number of hydrogen-bond acceptors (Lipinski definition) is 3. The number of hydrogen-bond donors (Lipinski definition) is 2. The third kappa shape index (κ3) is 3.27. The summed E-state index contributed by atoms with van der Waals surface area (Å²) in [6, 6.07) is 0. The summed E-state index contributed by atoms with van der Waals surface area (Å²) in [5.74, 6) is 0.0249. The van der Waals surface area contributed by atoms with Crippen LogP contribution in [0.25, 0.3) is 0 Å². The molecule has 82 valence electrons. The summed E-state index contributed by atoms with van der Waals surface area (Å²) in [5, 5.41) is 6.04. The average Bonchev–Trinajstić information content (AvgIpc) is 2.08. The van der Waals surface area contributed by atoms with Crippen molar-refractivity contribution in [1.82, 2.24) is 10.6 Å². The Morgan fingerprint density at radius 1 is 1.43 bits per heavy atom. The van der Waals surface area contributed by atoms with Crippen molar-refractivity contribution in [3.8, 4) is 0 Å². The van der Waals surface area contributed by atoms with E-state index in [2.05, 4.69) is 10.6 Å². The first-order valence-electron chi connectivity index (χ1n) is 5.19. The van der Waals surface area contributed by atoms with Gasteiger partial charge in [-0.1, -0.05) is 0 Å². The topological polar surface area (TPSA) is 50.4 Å². The molecule has 4 heteroatoms. The number of amides is 1. The van der Waals surface area contributed by atoms with Gasteiger partial charge in [0, 0.05) is 33.7 Å². The van der Waals surface area contributed by atoms with E-state index in [1.54, 1.807) is 7.11 Å². The lowest BCUT2D eigenvalue weighted by Crippen LogP contribution is -2.49. The fraction of sp³-hybridized carbons (Fsp3) is 0.900. The predicted molar refractivity (Wildman–Crippen MR) is 55.1 cm³/mol. The van der Waals surface area contributed by atoms with Crippen LogP contribution in [-0.2, 0) is 9.53 Å². The van der Waals surface area contributed by atoms with Gasteiger partial charge < -0.3 is 15.4 Å². The van der Waals surface area contributed by atoms with Crippen LogP contribution in [0.5, 0.6) is 0 Å². The molecule has 1 rings (SSSR count). The molecule has 0 aromatic rings. The van der Waals surface area contributed by atoms with Crippen LogP contribution in [0.4, 0.5) is 0 Å². The Hall–Kier alpha value is -0.610. The molecule has 0 heterocycles. The van der Waals surface area contributed by atoms with E-state index in [4.69, 9.17) is 4.74 Å². The van der Waals surface area contributed by atoms with Crippen LogP contribution in [0, 0.1) is 0 Å². The largest absolute Gasteiger partial charge is 0.377 e. The van der Waals surface area contributed by atoms with Crippen LogP contribution < -0.4 is 10.6 Å². The highest BCUT2D eigenvalue weighted by atomic mass is 16.5. The highest BCUT2D eigenvalue weighted by Gasteiger charge is 2.36. The van der Waals surface area contributed by atoms with Crippen molar-refractivity contribution in [2.45, 2.75) is 31.8 Å². The second-order valence-electron chi connectivity index (χ2n) is 3.90. The van der Waals surface area contributed by atoms with E-state index in [0.717, 1.165) is 25.9 Å². The normalized spacial score (nSPS) is 18.7. The minimum atomic E-state index is 0.0249. The number of carbonyl (C=O) groups is 1. The molecular weight excluding hydrogens is 180 g/mol. The molecule has 0 spiro atoms. The van der Waals surface area contributed by atoms with Crippen LogP contribution in [-0.4, -0.2) is 38.3 Å². The zero-order chi connectivity index (χ0) is 10.4. The molecule has 0 aromatic carbocycles. The van der Waals surface area contributed by atoms with Crippen molar-refractivity contribution in [3.05, 3.63) is 0 Å². The van der Waals surface area contributed by atoms with Gasteiger partial charge in [0.05, 0.1) is 5.60 Å². The van der Waals surface area contributed by atoms with Crippen molar-refractivity contribution >= 4 is 5.91 Å². The van der Waals surface area contributed by atoms with E-state index >= 15 is 0 Å². The second-order valence-corrected chi connectivity index (χ2v) is 3.90. The molecule has 2 N–H and O–H groups in total. The first-order valence-corrected chi connectivity index (χ1v) is 5.19.